The number of rotatable bonds is 4. The van der Waals surface area contributed by atoms with Crippen LogP contribution in [0.3, 0.4) is 0 Å². The molecule has 1 aromatic rings. The van der Waals surface area contributed by atoms with Crippen molar-refractivity contribution in [1.82, 2.24) is 0 Å². The van der Waals surface area contributed by atoms with Gasteiger partial charge in [-0.1, -0.05) is 30.9 Å². The molecule has 2 rings (SSSR count). The van der Waals surface area contributed by atoms with Gasteiger partial charge in [0.25, 0.3) is 0 Å². The largest absolute Gasteiger partial charge is 0.493 e. The van der Waals surface area contributed by atoms with Gasteiger partial charge < -0.3 is 14.6 Å². The van der Waals surface area contributed by atoms with E-state index in [-0.39, 0.29) is 0 Å². The third-order valence-electron chi connectivity index (χ3n) is 4.46. The van der Waals surface area contributed by atoms with Gasteiger partial charge in [0.2, 0.25) is 0 Å². The molecule has 0 atom stereocenters. The second-order valence-corrected chi connectivity index (χ2v) is 5.95. The van der Waals surface area contributed by atoms with Gasteiger partial charge in [-0.25, -0.2) is 0 Å². The number of halogens is 1. The van der Waals surface area contributed by atoms with E-state index in [1.807, 2.05) is 6.92 Å². The second-order valence-electron chi connectivity index (χ2n) is 5.54. The fraction of sp³-hybridized carbons (Fsp3) is 0.562. The van der Waals surface area contributed by atoms with Gasteiger partial charge in [0.05, 0.1) is 19.6 Å². The first-order valence-corrected chi connectivity index (χ1v) is 7.50. The van der Waals surface area contributed by atoms with Gasteiger partial charge in [-0.3, -0.25) is 4.79 Å². The molecule has 0 aromatic heterocycles. The van der Waals surface area contributed by atoms with Crippen molar-refractivity contribution in [2.45, 2.75) is 44.4 Å². The molecule has 1 aromatic carbocycles. The number of benzene rings is 1. The maximum Gasteiger partial charge on any atom is 0.314 e. The van der Waals surface area contributed by atoms with Crippen LogP contribution in [0.5, 0.6) is 11.5 Å². The molecule has 0 aliphatic heterocycles. The average molecular weight is 313 g/mol. The zero-order valence-corrected chi connectivity index (χ0v) is 13.4. The van der Waals surface area contributed by atoms with Crippen molar-refractivity contribution in [2.75, 3.05) is 14.2 Å². The van der Waals surface area contributed by atoms with E-state index in [1.165, 1.54) is 14.2 Å². The highest BCUT2D eigenvalue weighted by Gasteiger charge is 2.45. The van der Waals surface area contributed by atoms with Crippen LogP contribution in [0.4, 0.5) is 0 Å². The summed E-state index contributed by atoms with van der Waals surface area (Å²) in [4.78, 5) is 12.1. The Morgan fingerprint density at radius 1 is 1.24 bits per heavy atom. The Kier molecular flexibility index (Phi) is 4.67. The van der Waals surface area contributed by atoms with Crippen molar-refractivity contribution in [3.63, 3.8) is 0 Å². The normalized spacial score (nSPS) is 17.3. The number of carboxylic acids is 1. The first-order valence-electron chi connectivity index (χ1n) is 7.13. The smallest absolute Gasteiger partial charge is 0.314 e. The van der Waals surface area contributed by atoms with Crippen molar-refractivity contribution in [2.24, 2.45) is 0 Å². The lowest BCUT2D eigenvalue weighted by atomic mass is 9.68. The van der Waals surface area contributed by atoms with Crippen LogP contribution in [0.15, 0.2) is 6.07 Å². The van der Waals surface area contributed by atoms with Crippen LogP contribution in [0.1, 0.15) is 43.2 Å². The minimum atomic E-state index is -0.939. The Hall–Kier alpha value is -1.42. The second kappa shape index (κ2) is 6.14. The van der Waals surface area contributed by atoms with E-state index in [0.717, 1.165) is 24.8 Å². The van der Waals surface area contributed by atoms with E-state index in [4.69, 9.17) is 21.1 Å². The lowest BCUT2D eigenvalue weighted by Crippen LogP contribution is -2.39. The summed E-state index contributed by atoms with van der Waals surface area (Å²) in [6.45, 7) is 1.85. The van der Waals surface area contributed by atoms with Crippen LogP contribution in [0, 0.1) is 6.92 Å². The van der Waals surface area contributed by atoms with E-state index in [1.54, 1.807) is 6.07 Å². The van der Waals surface area contributed by atoms with Crippen molar-refractivity contribution in [3.8, 4) is 11.5 Å². The molecule has 4 nitrogen and oxygen atoms in total. The van der Waals surface area contributed by atoms with Crippen molar-refractivity contribution in [3.05, 3.63) is 22.2 Å². The number of carbonyl (C=O) groups is 1. The Bertz CT molecular complexity index is 548. The summed E-state index contributed by atoms with van der Waals surface area (Å²) in [6, 6.07) is 1.68. The summed E-state index contributed by atoms with van der Waals surface area (Å²) in [7, 11) is 3.06. The fourth-order valence-electron chi connectivity index (χ4n) is 3.36. The van der Waals surface area contributed by atoms with E-state index in [9.17, 15) is 9.90 Å². The number of aliphatic carboxylic acids is 1. The summed E-state index contributed by atoms with van der Waals surface area (Å²) in [5.74, 6) is 0.158. The van der Waals surface area contributed by atoms with Crippen molar-refractivity contribution >= 4 is 17.6 Å². The maximum atomic E-state index is 12.1. The van der Waals surface area contributed by atoms with E-state index < -0.39 is 11.4 Å². The van der Waals surface area contributed by atoms with Crippen LogP contribution in [0.2, 0.25) is 5.02 Å². The quantitative estimate of drug-likeness (QED) is 0.914. The molecule has 1 aliphatic carbocycles. The zero-order valence-electron chi connectivity index (χ0n) is 12.7. The van der Waals surface area contributed by atoms with E-state index >= 15 is 0 Å². The standard InChI is InChI=1S/C16H21ClO4/c1-10-11(17)9-12(20-2)14(21-3)13(10)16(15(18)19)7-5-4-6-8-16/h9H,4-8H2,1-3H3,(H,18,19). The molecule has 0 heterocycles. The Morgan fingerprint density at radius 3 is 2.33 bits per heavy atom. The highest BCUT2D eigenvalue weighted by Crippen LogP contribution is 2.49. The molecule has 0 radical (unpaired) electrons. The summed E-state index contributed by atoms with van der Waals surface area (Å²) in [5, 5.41) is 10.4. The third kappa shape index (κ3) is 2.57. The first-order chi connectivity index (χ1) is 9.97. The molecule has 0 unspecified atom stereocenters. The van der Waals surface area contributed by atoms with Crippen LogP contribution in [0.25, 0.3) is 0 Å². The highest BCUT2D eigenvalue weighted by molar-refractivity contribution is 6.31. The Balaban J connectivity index is 2.75. The topological polar surface area (TPSA) is 55.8 Å². The zero-order chi connectivity index (χ0) is 15.6. The van der Waals surface area contributed by atoms with Crippen LogP contribution in [-0.2, 0) is 10.2 Å². The van der Waals surface area contributed by atoms with Gasteiger partial charge in [-0.2, -0.15) is 0 Å². The molecule has 1 aliphatic rings. The number of ether oxygens (including phenoxy) is 2. The molecule has 21 heavy (non-hydrogen) atoms. The molecule has 1 fully saturated rings. The predicted octanol–water partition coefficient (Wildman–Crippen LogP) is 3.95. The molecular formula is C16H21ClO4. The van der Waals surface area contributed by atoms with E-state index in [2.05, 4.69) is 0 Å². The van der Waals surface area contributed by atoms with Crippen molar-refractivity contribution in [1.29, 1.82) is 0 Å². The average Bonchev–Trinajstić information content (AvgIpc) is 2.49. The molecule has 0 saturated heterocycles. The van der Waals surface area contributed by atoms with E-state index in [0.29, 0.717) is 34.9 Å². The fourth-order valence-corrected chi connectivity index (χ4v) is 3.55. The molecular weight excluding hydrogens is 292 g/mol. The first kappa shape index (κ1) is 16.0. The Morgan fingerprint density at radius 2 is 1.86 bits per heavy atom. The van der Waals surface area contributed by atoms with Gasteiger partial charge in [0.15, 0.2) is 11.5 Å². The SMILES string of the molecule is COc1cc(Cl)c(C)c(C2(C(=O)O)CCCCC2)c1OC. The number of hydrogen-bond donors (Lipinski definition) is 1. The lowest BCUT2D eigenvalue weighted by molar-refractivity contribution is -0.145. The molecule has 5 heteroatoms. The van der Waals surface area contributed by atoms with Gasteiger partial charge in [-0.15, -0.1) is 0 Å². The molecule has 0 amide bonds. The van der Waals surface area contributed by atoms with Crippen LogP contribution < -0.4 is 9.47 Å². The number of carboxylic acid groups (broad SMARTS) is 1. The molecule has 116 valence electrons. The number of methoxy groups -OCH3 is 2. The summed E-state index contributed by atoms with van der Waals surface area (Å²) in [5.41, 5.74) is 0.492. The highest BCUT2D eigenvalue weighted by atomic mass is 35.5. The van der Waals surface area contributed by atoms with Crippen LogP contribution in [-0.4, -0.2) is 25.3 Å². The predicted molar refractivity (Wildman–Crippen MR) is 81.7 cm³/mol. The lowest BCUT2D eigenvalue weighted by Gasteiger charge is -2.36. The minimum absolute atomic E-state index is 0.481. The van der Waals surface area contributed by atoms with Crippen LogP contribution >= 0.6 is 11.6 Å². The van der Waals surface area contributed by atoms with Gasteiger partial charge in [0, 0.05) is 16.7 Å². The van der Waals surface area contributed by atoms with Crippen molar-refractivity contribution < 1.29 is 19.4 Å². The third-order valence-corrected chi connectivity index (χ3v) is 4.85. The molecule has 0 spiro atoms. The Labute approximate surface area is 130 Å². The summed E-state index contributed by atoms with van der Waals surface area (Å²) >= 11 is 6.28. The molecule has 1 saturated carbocycles. The number of hydrogen-bond acceptors (Lipinski definition) is 3. The summed E-state index contributed by atoms with van der Waals surface area (Å²) < 4.78 is 10.8. The minimum Gasteiger partial charge on any atom is -0.493 e. The molecule has 0 bridgehead atoms. The maximum absolute atomic E-state index is 12.1. The van der Waals surface area contributed by atoms with Gasteiger partial charge in [-0.05, 0) is 25.3 Å². The summed E-state index contributed by atoms with van der Waals surface area (Å²) in [6.07, 6.45) is 4.05. The van der Waals surface area contributed by atoms with Gasteiger partial charge >= 0.3 is 5.97 Å². The molecule has 1 N–H and O–H groups in total. The monoisotopic (exact) mass is 312 g/mol. The van der Waals surface area contributed by atoms with Gasteiger partial charge in [0.1, 0.15) is 0 Å².